The van der Waals surface area contributed by atoms with E-state index < -0.39 is 0 Å². The highest BCUT2D eigenvalue weighted by Crippen LogP contribution is 2.41. The lowest BCUT2D eigenvalue weighted by Crippen LogP contribution is -2.39. The van der Waals surface area contributed by atoms with Crippen LogP contribution in [-0.2, 0) is 11.2 Å². The predicted octanol–water partition coefficient (Wildman–Crippen LogP) is 3.97. The van der Waals surface area contributed by atoms with Gasteiger partial charge in [0.25, 0.3) is 0 Å². The number of fused-ring (bicyclic) bond motifs is 1. The van der Waals surface area contributed by atoms with Gasteiger partial charge in [-0.2, -0.15) is 0 Å². The SMILES string of the molecule is O=C(CN[C@H](c1ccc(Cl)cc1)C1CC1)N1CCc2ccccc21. The summed E-state index contributed by atoms with van der Waals surface area (Å²) in [5.41, 5.74) is 3.55. The molecule has 0 aromatic heterocycles. The van der Waals surface area contributed by atoms with Crippen LogP contribution in [0.15, 0.2) is 48.5 Å². The molecule has 0 bridgehead atoms. The maximum atomic E-state index is 12.7. The summed E-state index contributed by atoms with van der Waals surface area (Å²) < 4.78 is 0. The Morgan fingerprint density at radius 3 is 2.67 bits per heavy atom. The minimum absolute atomic E-state index is 0.152. The van der Waals surface area contributed by atoms with E-state index in [9.17, 15) is 4.79 Å². The number of nitrogens with zero attached hydrogens (tertiary/aromatic N) is 1. The average molecular weight is 341 g/mol. The fourth-order valence-electron chi connectivity index (χ4n) is 3.55. The molecule has 1 N–H and O–H groups in total. The molecule has 1 saturated carbocycles. The number of amides is 1. The minimum Gasteiger partial charge on any atom is -0.311 e. The van der Waals surface area contributed by atoms with Crippen molar-refractivity contribution in [3.05, 3.63) is 64.7 Å². The third-order valence-electron chi connectivity index (χ3n) is 4.98. The molecule has 3 nitrogen and oxygen atoms in total. The lowest BCUT2D eigenvalue weighted by atomic mass is 10.0. The van der Waals surface area contributed by atoms with Gasteiger partial charge in [0.1, 0.15) is 0 Å². The summed E-state index contributed by atoms with van der Waals surface area (Å²) in [5, 5.41) is 4.24. The van der Waals surface area contributed by atoms with Gasteiger partial charge in [0.05, 0.1) is 6.54 Å². The predicted molar refractivity (Wildman–Crippen MR) is 97.4 cm³/mol. The first-order valence-electron chi connectivity index (χ1n) is 8.59. The molecule has 24 heavy (non-hydrogen) atoms. The molecule has 1 heterocycles. The highest BCUT2D eigenvalue weighted by Gasteiger charge is 2.33. The van der Waals surface area contributed by atoms with Crippen LogP contribution >= 0.6 is 11.6 Å². The molecule has 2 aromatic rings. The molecule has 124 valence electrons. The molecule has 2 aromatic carbocycles. The molecule has 0 unspecified atom stereocenters. The van der Waals surface area contributed by atoms with Crippen molar-refractivity contribution in [2.45, 2.75) is 25.3 Å². The molecule has 1 fully saturated rings. The van der Waals surface area contributed by atoms with Gasteiger partial charge in [-0.25, -0.2) is 0 Å². The quantitative estimate of drug-likeness (QED) is 0.893. The van der Waals surface area contributed by atoms with Gasteiger partial charge in [-0.05, 0) is 54.5 Å². The van der Waals surface area contributed by atoms with Crippen molar-refractivity contribution in [1.82, 2.24) is 5.32 Å². The van der Waals surface area contributed by atoms with E-state index in [-0.39, 0.29) is 11.9 Å². The van der Waals surface area contributed by atoms with Crippen LogP contribution < -0.4 is 10.2 Å². The molecule has 4 rings (SSSR count). The second-order valence-electron chi connectivity index (χ2n) is 6.67. The number of carbonyl (C=O) groups is 1. The number of benzene rings is 2. The van der Waals surface area contributed by atoms with Gasteiger partial charge in [-0.3, -0.25) is 4.79 Å². The normalized spacial score (nSPS) is 17.6. The first-order valence-corrected chi connectivity index (χ1v) is 8.97. The number of hydrogen-bond acceptors (Lipinski definition) is 2. The largest absolute Gasteiger partial charge is 0.311 e. The Morgan fingerprint density at radius 1 is 1.17 bits per heavy atom. The third kappa shape index (κ3) is 3.19. The molecule has 1 atom stereocenters. The monoisotopic (exact) mass is 340 g/mol. The number of hydrogen-bond donors (Lipinski definition) is 1. The summed E-state index contributed by atoms with van der Waals surface area (Å²) in [4.78, 5) is 14.6. The van der Waals surface area contributed by atoms with Crippen molar-refractivity contribution in [3.8, 4) is 0 Å². The number of rotatable bonds is 5. The summed E-state index contributed by atoms with van der Waals surface area (Å²) in [5.74, 6) is 0.782. The van der Waals surface area contributed by atoms with Gasteiger partial charge >= 0.3 is 0 Å². The smallest absolute Gasteiger partial charge is 0.240 e. The highest BCUT2D eigenvalue weighted by molar-refractivity contribution is 6.30. The third-order valence-corrected chi connectivity index (χ3v) is 5.24. The van der Waals surface area contributed by atoms with E-state index in [2.05, 4.69) is 23.5 Å². The number of anilines is 1. The molecule has 0 radical (unpaired) electrons. The molecular formula is C20H21ClN2O. The molecule has 1 aliphatic heterocycles. The van der Waals surface area contributed by atoms with Crippen LogP contribution in [0, 0.1) is 5.92 Å². The van der Waals surface area contributed by atoms with Crippen LogP contribution in [0.4, 0.5) is 5.69 Å². The van der Waals surface area contributed by atoms with E-state index in [1.54, 1.807) is 0 Å². The van der Waals surface area contributed by atoms with E-state index in [4.69, 9.17) is 11.6 Å². The number of halogens is 1. The highest BCUT2D eigenvalue weighted by atomic mass is 35.5. The first kappa shape index (κ1) is 15.7. The summed E-state index contributed by atoms with van der Waals surface area (Å²) in [6.45, 7) is 1.16. The van der Waals surface area contributed by atoms with Crippen molar-refractivity contribution < 1.29 is 4.79 Å². The van der Waals surface area contributed by atoms with Gasteiger partial charge in [0.15, 0.2) is 0 Å². The Hall–Kier alpha value is -1.84. The van der Waals surface area contributed by atoms with Gasteiger partial charge in [0.2, 0.25) is 5.91 Å². The average Bonchev–Trinajstić information content (AvgIpc) is 3.34. The first-order chi connectivity index (χ1) is 11.7. The van der Waals surface area contributed by atoms with E-state index in [1.807, 2.05) is 35.2 Å². The maximum absolute atomic E-state index is 12.7. The molecule has 0 spiro atoms. The lowest BCUT2D eigenvalue weighted by Gasteiger charge is -2.22. The topological polar surface area (TPSA) is 32.3 Å². The van der Waals surface area contributed by atoms with E-state index >= 15 is 0 Å². The zero-order chi connectivity index (χ0) is 16.5. The summed E-state index contributed by atoms with van der Waals surface area (Å²) in [6.07, 6.45) is 3.40. The zero-order valence-electron chi connectivity index (χ0n) is 13.5. The van der Waals surface area contributed by atoms with Crippen LogP contribution in [0.5, 0.6) is 0 Å². The molecule has 1 amide bonds. The number of nitrogens with one attached hydrogen (secondary N) is 1. The van der Waals surface area contributed by atoms with E-state index in [0.29, 0.717) is 12.5 Å². The van der Waals surface area contributed by atoms with Gasteiger partial charge in [0, 0.05) is 23.3 Å². The van der Waals surface area contributed by atoms with Crippen molar-refractivity contribution in [3.63, 3.8) is 0 Å². The molecule has 1 aliphatic carbocycles. The molecular weight excluding hydrogens is 320 g/mol. The minimum atomic E-state index is 0.152. The van der Waals surface area contributed by atoms with Crippen molar-refractivity contribution >= 4 is 23.2 Å². The zero-order valence-corrected chi connectivity index (χ0v) is 14.3. The Labute approximate surface area is 147 Å². The standard InChI is InChI=1S/C20H21ClN2O/c21-17-9-7-16(8-10-17)20(15-5-6-15)22-13-19(24)23-12-11-14-3-1-2-4-18(14)23/h1-4,7-10,15,20,22H,5-6,11-13H2/t20-/m0/s1. The van der Waals surface area contributed by atoms with Crippen LogP contribution in [0.1, 0.15) is 30.0 Å². The Bertz CT molecular complexity index is 740. The van der Waals surface area contributed by atoms with E-state index in [1.165, 1.54) is 24.0 Å². The van der Waals surface area contributed by atoms with E-state index in [0.717, 1.165) is 23.7 Å². The summed E-state index contributed by atoms with van der Waals surface area (Å²) in [6, 6.07) is 16.4. The fraction of sp³-hybridized carbons (Fsp3) is 0.350. The van der Waals surface area contributed by atoms with Gasteiger partial charge in [-0.1, -0.05) is 41.9 Å². The number of carbonyl (C=O) groups excluding carboxylic acids is 1. The summed E-state index contributed by atoms with van der Waals surface area (Å²) in [7, 11) is 0. The van der Waals surface area contributed by atoms with Crippen LogP contribution in [-0.4, -0.2) is 19.0 Å². The van der Waals surface area contributed by atoms with Gasteiger partial charge < -0.3 is 10.2 Å². The van der Waals surface area contributed by atoms with Crippen LogP contribution in [0.25, 0.3) is 0 Å². The summed E-state index contributed by atoms with van der Waals surface area (Å²) >= 11 is 5.99. The van der Waals surface area contributed by atoms with Crippen LogP contribution in [0.3, 0.4) is 0 Å². The Balaban J connectivity index is 1.43. The maximum Gasteiger partial charge on any atom is 0.240 e. The lowest BCUT2D eigenvalue weighted by molar-refractivity contribution is -0.117. The second-order valence-corrected chi connectivity index (χ2v) is 7.11. The Kier molecular flexibility index (Phi) is 4.30. The van der Waals surface area contributed by atoms with Crippen molar-refractivity contribution in [1.29, 1.82) is 0 Å². The Morgan fingerprint density at radius 2 is 1.92 bits per heavy atom. The molecule has 4 heteroatoms. The van der Waals surface area contributed by atoms with Gasteiger partial charge in [-0.15, -0.1) is 0 Å². The molecule has 0 saturated heterocycles. The van der Waals surface area contributed by atoms with Crippen molar-refractivity contribution in [2.75, 3.05) is 18.0 Å². The second kappa shape index (κ2) is 6.58. The van der Waals surface area contributed by atoms with Crippen molar-refractivity contribution in [2.24, 2.45) is 5.92 Å². The number of para-hydroxylation sites is 1. The van der Waals surface area contributed by atoms with Crippen LogP contribution in [0.2, 0.25) is 5.02 Å². The molecule has 2 aliphatic rings. The fourth-order valence-corrected chi connectivity index (χ4v) is 3.67.